The highest BCUT2D eigenvalue weighted by Gasteiger charge is 2.17. The maximum atomic E-state index is 6.12. The van der Waals surface area contributed by atoms with Crippen LogP contribution < -0.4 is 5.73 Å². The van der Waals surface area contributed by atoms with E-state index in [-0.39, 0.29) is 0 Å². The fourth-order valence-corrected chi connectivity index (χ4v) is 2.06. The lowest BCUT2D eigenvalue weighted by Gasteiger charge is -2.07. The number of nitrogen functional groups attached to an aromatic ring is 1. The Bertz CT molecular complexity index is 538. The van der Waals surface area contributed by atoms with E-state index in [1.54, 1.807) is 4.68 Å². The molecule has 0 saturated carbocycles. The van der Waals surface area contributed by atoms with Gasteiger partial charge in [-0.25, -0.2) is 0 Å². The van der Waals surface area contributed by atoms with Crippen LogP contribution in [-0.4, -0.2) is 9.78 Å². The van der Waals surface area contributed by atoms with Crippen molar-refractivity contribution >= 4 is 5.82 Å². The Morgan fingerprint density at radius 2 is 2.00 bits per heavy atom. The van der Waals surface area contributed by atoms with Gasteiger partial charge in [0, 0.05) is 12.6 Å². The van der Waals surface area contributed by atoms with Gasteiger partial charge < -0.3 is 5.73 Å². The molecule has 2 rings (SSSR count). The zero-order chi connectivity index (χ0) is 12.6. The monoisotopic (exact) mass is 229 g/mol. The molecule has 0 aliphatic carbocycles. The molecule has 0 unspecified atom stereocenters. The molecule has 3 heteroatoms. The van der Waals surface area contributed by atoms with Gasteiger partial charge in [-0.1, -0.05) is 43.7 Å². The Labute approximate surface area is 102 Å². The largest absolute Gasteiger partial charge is 0.383 e. The summed E-state index contributed by atoms with van der Waals surface area (Å²) in [6.45, 7) is 6.37. The number of nitrogens with two attached hydrogens (primary N) is 1. The first-order valence-corrected chi connectivity index (χ1v) is 5.90. The fourth-order valence-electron chi connectivity index (χ4n) is 2.06. The van der Waals surface area contributed by atoms with E-state index in [4.69, 9.17) is 5.73 Å². The number of rotatable bonds is 2. The Kier molecular flexibility index (Phi) is 2.92. The van der Waals surface area contributed by atoms with Gasteiger partial charge in [-0.05, 0) is 18.4 Å². The molecular weight excluding hydrogens is 210 g/mol. The average molecular weight is 229 g/mol. The number of nitrogens with zero attached hydrogens (tertiary/aromatic N) is 2. The van der Waals surface area contributed by atoms with Crippen LogP contribution in [0.25, 0.3) is 11.1 Å². The highest BCUT2D eigenvalue weighted by atomic mass is 15.3. The van der Waals surface area contributed by atoms with Gasteiger partial charge in [-0.15, -0.1) is 0 Å². The average Bonchev–Trinajstić information content (AvgIpc) is 2.56. The summed E-state index contributed by atoms with van der Waals surface area (Å²) < 4.78 is 1.76. The first-order valence-electron chi connectivity index (χ1n) is 5.90. The third-order valence-electron chi connectivity index (χ3n) is 2.97. The van der Waals surface area contributed by atoms with Gasteiger partial charge in [0.1, 0.15) is 5.82 Å². The summed E-state index contributed by atoms with van der Waals surface area (Å²) in [7, 11) is 1.89. The van der Waals surface area contributed by atoms with Crippen molar-refractivity contribution in [3.63, 3.8) is 0 Å². The van der Waals surface area contributed by atoms with Crippen molar-refractivity contribution in [2.75, 3.05) is 5.73 Å². The summed E-state index contributed by atoms with van der Waals surface area (Å²) in [4.78, 5) is 0. The van der Waals surface area contributed by atoms with Crippen LogP contribution in [0.5, 0.6) is 0 Å². The number of hydrogen-bond acceptors (Lipinski definition) is 2. The maximum Gasteiger partial charge on any atom is 0.129 e. The predicted molar refractivity (Wildman–Crippen MR) is 71.9 cm³/mol. The summed E-state index contributed by atoms with van der Waals surface area (Å²) in [5, 5.41) is 4.51. The van der Waals surface area contributed by atoms with Crippen molar-refractivity contribution in [2.45, 2.75) is 26.7 Å². The third kappa shape index (κ3) is 2.05. The molecule has 0 spiro atoms. The molecule has 0 atom stereocenters. The minimum atomic E-state index is 0.369. The maximum absolute atomic E-state index is 6.12. The molecule has 1 heterocycles. The van der Waals surface area contributed by atoms with Crippen molar-refractivity contribution in [1.82, 2.24) is 9.78 Å². The van der Waals surface area contributed by atoms with E-state index in [9.17, 15) is 0 Å². The van der Waals surface area contributed by atoms with Crippen LogP contribution in [0.2, 0.25) is 0 Å². The molecule has 0 amide bonds. The van der Waals surface area contributed by atoms with E-state index in [2.05, 4.69) is 50.1 Å². The first-order chi connectivity index (χ1) is 8.00. The van der Waals surface area contributed by atoms with Gasteiger partial charge in [0.15, 0.2) is 0 Å². The Balaban J connectivity index is 2.65. The topological polar surface area (TPSA) is 43.8 Å². The van der Waals surface area contributed by atoms with Gasteiger partial charge in [0.05, 0.1) is 5.69 Å². The van der Waals surface area contributed by atoms with Crippen molar-refractivity contribution in [2.24, 2.45) is 7.05 Å². The Morgan fingerprint density at radius 1 is 1.29 bits per heavy atom. The Morgan fingerprint density at radius 3 is 2.59 bits per heavy atom. The van der Waals surface area contributed by atoms with E-state index in [0.29, 0.717) is 5.92 Å². The molecule has 0 bridgehead atoms. The molecule has 2 aromatic rings. The molecule has 2 N–H and O–H groups in total. The van der Waals surface area contributed by atoms with Crippen molar-refractivity contribution in [3.05, 3.63) is 35.5 Å². The zero-order valence-electron chi connectivity index (χ0n) is 10.9. The minimum Gasteiger partial charge on any atom is -0.383 e. The molecule has 17 heavy (non-hydrogen) atoms. The molecular formula is C14H19N3. The molecule has 0 saturated heterocycles. The first kappa shape index (κ1) is 11.7. The quantitative estimate of drug-likeness (QED) is 0.860. The molecule has 0 aliphatic heterocycles. The fraction of sp³-hybridized carbons (Fsp3) is 0.357. The van der Waals surface area contributed by atoms with Crippen LogP contribution in [-0.2, 0) is 7.05 Å². The van der Waals surface area contributed by atoms with Gasteiger partial charge in [-0.2, -0.15) is 5.10 Å². The van der Waals surface area contributed by atoms with Gasteiger partial charge in [0.25, 0.3) is 0 Å². The SMILES string of the molecule is Cc1cccc(-c2c(C(C)C)nn(C)c2N)c1. The number of benzene rings is 1. The number of aryl methyl sites for hydroxylation is 2. The molecule has 1 aromatic heterocycles. The van der Waals surface area contributed by atoms with Gasteiger partial charge in [0.2, 0.25) is 0 Å². The van der Waals surface area contributed by atoms with E-state index in [1.165, 1.54) is 5.56 Å². The lowest BCUT2D eigenvalue weighted by Crippen LogP contribution is -1.98. The third-order valence-corrected chi connectivity index (χ3v) is 2.97. The normalized spacial score (nSPS) is 11.1. The molecule has 0 aliphatic rings. The van der Waals surface area contributed by atoms with Crippen molar-refractivity contribution in [1.29, 1.82) is 0 Å². The van der Waals surface area contributed by atoms with Crippen LogP contribution in [0.1, 0.15) is 31.0 Å². The highest BCUT2D eigenvalue weighted by molar-refractivity contribution is 5.77. The van der Waals surface area contributed by atoms with E-state index < -0.39 is 0 Å². The summed E-state index contributed by atoms with van der Waals surface area (Å²) in [6.07, 6.45) is 0. The standard InChI is InChI=1S/C14H19N3/c1-9(2)13-12(14(15)17(4)16-13)11-7-5-6-10(3)8-11/h5-9H,15H2,1-4H3. The Hall–Kier alpha value is -1.77. The molecule has 0 fully saturated rings. The van der Waals surface area contributed by atoms with Crippen molar-refractivity contribution in [3.8, 4) is 11.1 Å². The van der Waals surface area contributed by atoms with E-state index in [1.807, 2.05) is 7.05 Å². The zero-order valence-corrected chi connectivity index (χ0v) is 10.9. The lowest BCUT2D eigenvalue weighted by molar-refractivity contribution is 0.719. The summed E-state index contributed by atoms with van der Waals surface area (Å²) in [5.74, 6) is 1.10. The summed E-state index contributed by atoms with van der Waals surface area (Å²) in [6, 6.07) is 8.39. The van der Waals surface area contributed by atoms with Crippen LogP contribution >= 0.6 is 0 Å². The van der Waals surface area contributed by atoms with E-state index in [0.717, 1.165) is 22.6 Å². The van der Waals surface area contributed by atoms with Crippen LogP contribution in [0, 0.1) is 6.92 Å². The minimum absolute atomic E-state index is 0.369. The van der Waals surface area contributed by atoms with Crippen LogP contribution in [0.4, 0.5) is 5.82 Å². The number of hydrogen-bond donors (Lipinski definition) is 1. The van der Waals surface area contributed by atoms with Gasteiger partial charge >= 0.3 is 0 Å². The highest BCUT2D eigenvalue weighted by Crippen LogP contribution is 2.33. The summed E-state index contributed by atoms with van der Waals surface area (Å²) in [5.41, 5.74) is 10.7. The number of aromatic nitrogens is 2. The predicted octanol–water partition coefficient (Wildman–Crippen LogP) is 3.10. The van der Waals surface area contributed by atoms with Crippen molar-refractivity contribution < 1.29 is 0 Å². The van der Waals surface area contributed by atoms with Gasteiger partial charge in [-0.3, -0.25) is 4.68 Å². The van der Waals surface area contributed by atoms with Crippen LogP contribution in [0.15, 0.2) is 24.3 Å². The molecule has 3 nitrogen and oxygen atoms in total. The second kappa shape index (κ2) is 4.24. The van der Waals surface area contributed by atoms with Crippen LogP contribution in [0.3, 0.4) is 0 Å². The molecule has 1 aromatic carbocycles. The smallest absolute Gasteiger partial charge is 0.129 e. The summed E-state index contributed by atoms with van der Waals surface area (Å²) >= 11 is 0. The second-order valence-electron chi connectivity index (χ2n) is 4.79. The number of anilines is 1. The molecule has 0 radical (unpaired) electrons. The van der Waals surface area contributed by atoms with E-state index >= 15 is 0 Å². The second-order valence-corrected chi connectivity index (χ2v) is 4.79. The molecule has 90 valence electrons. The lowest BCUT2D eigenvalue weighted by atomic mass is 9.98.